The molecule has 0 saturated carbocycles. The van der Waals surface area contributed by atoms with Gasteiger partial charge >= 0.3 is 0 Å². The average Bonchev–Trinajstić information content (AvgIpc) is 2.62. The van der Waals surface area contributed by atoms with Crippen LogP contribution < -0.4 is 15.2 Å². The fourth-order valence-electron chi connectivity index (χ4n) is 2.63. The number of carbonyl (C=O) groups excluding carboxylic acids is 1. The Morgan fingerprint density at radius 2 is 1.87 bits per heavy atom. The highest BCUT2D eigenvalue weighted by molar-refractivity contribution is 5.93. The summed E-state index contributed by atoms with van der Waals surface area (Å²) in [4.78, 5) is 34.2. The minimum atomic E-state index is -0.400. The number of amides is 1. The minimum absolute atomic E-state index is 0.0883. The predicted molar refractivity (Wildman–Crippen MR) is 86.0 cm³/mol. The van der Waals surface area contributed by atoms with Crippen LogP contribution in [-0.2, 0) is 0 Å². The summed E-state index contributed by atoms with van der Waals surface area (Å²) in [7, 11) is 1.64. The van der Waals surface area contributed by atoms with E-state index < -0.39 is 5.56 Å². The Hall–Kier alpha value is -2.83. The standard InChI is InChI=1S/C16H18N4O3/c1-23-13-4-2-12(3-5-13)19-6-8-20(9-7-19)16(22)14-10-17-11-18-15(14)21/h2-5,10-11H,6-9H2,1H3,(H,17,18,21). The van der Waals surface area contributed by atoms with Crippen LogP contribution >= 0.6 is 0 Å². The van der Waals surface area contributed by atoms with Crippen molar-refractivity contribution in [1.82, 2.24) is 14.9 Å². The van der Waals surface area contributed by atoms with Gasteiger partial charge in [0.05, 0.1) is 13.4 Å². The first-order valence-corrected chi connectivity index (χ1v) is 7.40. The Kier molecular flexibility index (Phi) is 4.27. The number of ether oxygens (including phenoxy) is 1. The number of H-pyrrole nitrogens is 1. The van der Waals surface area contributed by atoms with Crippen molar-refractivity contribution in [2.24, 2.45) is 0 Å². The number of hydrogen-bond donors (Lipinski definition) is 1. The molecule has 1 aliphatic rings. The third-order valence-electron chi connectivity index (χ3n) is 3.95. The van der Waals surface area contributed by atoms with E-state index in [1.165, 1.54) is 12.5 Å². The molecular weight excluding hydrogens is 296 g/mol. The molecule has 7 nitrogen and oxygen atoms in total. The van der Waals surface area contributed by atoms with Gasteiger partial charge in [-0.3, -0.25) is 9.59 Å². The molecule has 0 atom stereocenters. The van der Waals surface area contributed by atoms with Crippen LogP contribution in [0, 0.1) is 0 Å². The van der Waals surface area contributed by atoms with Gasteiger partial charge in [-0.05, 0) is 24.3 Å². The third kappa shape index (κ3) is 3.18. The number of nitrogens with one attached hydrogen (secondary N) is 1. The number of rotatable bonds is 3. The molecule has 0 spiro atoms. The maximum absolute atomic E-state index is 12.4. The number of anilines is 1. The van der Waals surface area contributed by atoms with E-state index in [2.05, 4.69) is 14.9 Å². The minimum Gasteiger partial charge on any atom is -0.497 e. The molecule has 1 saturated heterocycles. The Balaban J connectivity index is 1.65. The lowest BCUT2D eigenvalue weighted by Gasteiger charge is -2.36. The smallest absolute Gasteiger partial charge is 0.263 e. The third-order valence-corrected chi connectivity index (χ3v) is 3.95. The molecule has 23 heavy (non-hydrogen) atoms. The number of aromatic nitrogens is 2. The van der Waals surface area contributed by atoms with E-state index in [-0.39, 0.29) is 11.5 Å². The molecule has 0 unspecified atom stereocenters. The van der Waals surface area contributed by atoms with Crippen LogP contribution in [0.5, 0.6) is 5.75 Å². The van der Waals surface area contributed by atoms with E-state index in [0.29, 0.717) is 13.1 Å². The first-order valence-electron chi connectivity index (χ1n) is 7.40. The van der Waals surface area contributed by atoms with Crippen LogP contribution in [0.1, 0.15) is 10.4 Å². The topological polar surface area (TPSA) is 78.5 Å². The lowest BCUT2D eigenvalue weighted by atomic mass is 10.2. The molecule has 1 aliphatic heterocycles. The lowest BCUT2D eigenvalue weighted by Crippen LogP contribution is -2.49. The summed E-state index contributed by atoms with van der Waals surface area (Å²) in [6, 6.07) is 7.84. The van der Waals surface area contributed by atoms with Gasteiger partial charge in [-0.2, -0.15) is 0 Å². The second-order valence-electron chi connectivity index (χ2n) is 5.27. The molecule has 1 fully saturated rings. The summed E-state index contributed by atoms with van der Waals surface area (Å²) < 4.78 is 5.16. The molecule has 2 aromatic rings. The van der Waals surface area contributed by atoms with Crippen LogP contribution in [0.4, 0.5) is 5.69 Å². The van der Waals surface area contributed by atoms with Crippen molar-refractivity contribution in [3.8, 4) is 5.75 Å². The Bertz CT molecular complexity index is 733. The van der Waals surface area contributed by atoms with Crippen molar-refractivity contribution in [1.29, 1.82) is 0 Å². The Labute approximate surface area is 133 Å². The van der Waals surface area contributed by atoms with Gasteiger partial charge in [-0.1, -0.05) is 0 Å². The van der Waals surface area contributed by atoms with E-state index in [4.69, 9.17) is 4.74 Å². The molecule has 120 valence electrons. The first-order chi connectivity index (χ1) is 11.2. The zero-order chi connectivity index (χ0) is 16.2. The van der Waals surface area contributed by atoms with Crippen molar-refractivity contribution in [3.05, 3.63) is 52.7 Å². The zero-order valence-electron chi connectivity index (χ0n) is 12.9. The number of carbonyl (C=O) groups is 1. The average molecular weight is 314 g/mol. The van der Waals surface area contributed by atoms with Crippen LogP contribution in [-0.4, -0.2) is 54.1 Å². The first kappa shape index (κ1) is 15.1. The van der Waals surface area contributed by atoms with E-state index >= 15 is 0 Å². The highest BCUT2D eigenvalue weighted by Gasteiger charge is 2.24. The fourth-order valence-corrected chi connectivity index (χ4v) is 2.63. The Morgan fingerprint density at radius 1 is 1.17 bits per heavy atom. The molecule has 1 amide bonds. The molecule has 0 aliphatic carbocycles. The van der Waals surface area contributed by atoms with Gasteiger partial charge < -0.3 is 19.5 Å². The molecule has 7 heteroatoms. The van der Waals surface area contributed by atoms with Crippen LogP contribution in [0.3, 0.4) is 0 Å². The SMILES string of the molecule is COc1ccc(N2CCN(C(=O)c3cnc[nH]c3=O)CC2)cc1. The number of hydrogen-bond acceptors (Lipinski definition) is 5. The summed E-state index contributed by atoms with van der Waals surface area (Å²) in [5, 5.41) is 0. The largest absolute Gasteiger partial charge is 0.497 e. The summed E-state index contributed by atoms with van der Waals surface area (Å²) in [6.45, 7) is 2.57. The van der Waals surface area contributed by atoms with Crippen LogP contribution in [0.2, 0.25) is 0 Å². The molecule has 1 aromatic carbocycles. The monoisotopic (exact) mass is 314 g/mol. The van der Waals surface area contributed by atoms with E-state index in [1.54, 1.807) is 12.0 Å². The van der Waals surface area contributed by atoms with E-state index in [9.17, 15) is 9.59 Å². The normalized spacial score (nSPS) is 14.7. The summed E-state index contributed by atoms with van der Waals surface area (Å²) >= 11 is 0. The van der Waals surface area contributed by atoms with Gasteiger partial charge in [0.2, 0.25) is 0 Å². The number of nitrogens with zero attached hydrogens (tertiary/aromatic N) is 3. The van der Waals surface area contributed by atoms with Gasteiger partial charge in [0.15, 0.2) is 0 Å². The van der Waals surface area contributed by atoms with Crippen molar-refractivity contribution in [2.45, 2.75) is 0 Å². The second-order valence-corrected chi connectivity index (χ2v) is 5.27. The Morgan fingerprint density at radius 3 is 2.48 bits per heavy atom. The maximum Gasteiger partial charge on any atom is 0.263 e. The molecule has 0 bridgehead atoms. The maximum atomic E-state index is 12.4. The molecular formula is C16H18N4O3. The summed E-state index contributed by atoms with van der Waals surface area (Å²) in [5.41, 5.74) is 0.783. The van der Waals surface area contributed by atoms with Gasteiger partial charge in [-0.15, -0.1) is 0 Å². The lowest BCUT2D eigenvalue weighted by molar-refractivity contribution is 0.0744. The quantitative estimate of drug-likeness (QED) is 0.904. The highest BCUT2D eigenvalue weighted by Crippen LogP contribution is 2.20. The van der Waals surface area contributed by atoms with Gasteiger partial charge in [0.1, 0.15) is 11.3 Å². The second kappa shape index (κ2) is 6.51. The number of aromatic amines is 1. The zero-order valence-corrected chi connectivity index (χ0v) is 12.9. The van der Waals surface area contributed by atoms with Crippen molar-refractivity contribution < 1.29 is 9.53 Å². The molecule has 3 rings (SSSR count). The van der Waals surface area contributed by atoms with E-state index in [0.717, 1.165) is 24.5 Å². The van der Waals surface area contributed by atoms with Gasteiger partial charge in [0.25, 0.3) is 11.5 Å². The van der Waals surface area contributed by atoms with Crippen LogP contribution in [0.25, 0.3) is 0 Å². The number of benzene rings is 1. The summed E-state index contributed by atoms with van der Waals surface area (Å²) in [6.07, 6.45) is 2.59. The molecule has 0 radical (unpaired) electrons. The van der Waals surface area contributed by atoms with Crippen molar-refractivity contribution in [3.63, 3.8) is 0 Å². The van der Waals surface area contributed by atoms with Gasteiger partial charge in [0, 0.05) is 38.1 Å². The molecule has 1 aromatic heterocycles. The van der Waals surface area contributed by atoms with Crippen molar-refractivity contribution in [2.75, 3.05) is 38.2 Å². The number of methoxy groups -OCH3 is 1. The van der Waals surface area contributed by atoms with Gasteiger partial charge in [-0.25, -0.2) is 4.98 Å². The summed E-state index contributed by atoms with van der Waals surface area (Å²) in [5.74, 6) is 0.548. The van der Waals surface area contributed by atoms with E-state index in [1.807, 2.05) is 24.3 Å². The number of piperazine rings is 1. The predicted octanol–water partition coefficient (Wildman–Crippen LogP) is 0.741. The van der Waals surface area contributed by atoms with Crippen LogP contribution in [0.15, 0.2) is 41.6 Å². The highest BCUT2D eigenvalue weighted by atomic mass is 16.5. The molecule has 1 N–H and O–H groups in total. The fraction of sp³-hybridized carbons (Fsp3) is 0.312. The molecule has 2 heterocycles. The van der Waals surface area contributed by atoms with Crippen molar-refractivity contribution >= 4 is 11.6 Å².